The molecular weight excluding hydrogens is 252 g/mol. The van der Waals surface area contributed by atoms with Crippen molar-refractivity contribution in [1.29, 1.82) is 0 Å². The summed E-state index contributed by atoms with van der Waals surface area (Å²) >= 11 is 0. The lowest BCUT2D eigenvalue weighted by molar-refractivity contribution is 0.325. The van der Waals surface area contributed by atoms with E-state index >= 15 is 0 Å². The molecule has 1 aromatic rings. The molecule has 0 amide bonds. The molecule has 1 saturated heterocycles. The SMILES string of the molecule is CCOc1cc(NCCCCN2CCCC2)nc(C)n1. The number of aromatic nitrogens is 2. The summed E-state index contributed by atoms with van der Waals surface area (Å²) in [7, 11) is 0. The van der Waals surface area contributed by atoms with Gasteiger partial charge in [0.2, 0.25) is 5.88 Å². The Labute approximate surface area is 121 Å². The molecule has 0 aromatic carbocycles. The number of rotatable bonds is 8. The van der Waals surface area contributed by atoms with Gasteiger partial charge < -0.3 is 15.0 Å². The highest BCUT2D eigenvalue weighted by Crippen LogP contribution is 2.13. The lowest BCUT2D eigenvalue weighted by Gasteiger charge is -2.14. The quantitative estimate of drug-likeness (QED) is 0.740. The molecular formula is C15H26N4O. The molecule has 1 fully saturated rings. The van der Waals surface area contributed by atoms with Gasteiger partial charge in [-0.2, -0.15) is 4.98 Å². The third kappa shape index (κ3) is 4.96. The van der Waals surface area contributed by atoms with Crippen LogP contribution in [0.1, 0.15) is 38.4 Å². The van der Waals surface area contributed by atoms with Gasteiger partial charge in [0.1, 0.15) is 11.6 Å². The van der Waals surface area contributed by atoms with Crippen molar-refractivity contribution in [1.82, 2.24) is 14.9 Å². The minimum atomic E-state index is 0.631. The second-order valence-electron chi connectivity index (χ2n) is 5.25. The van der Waals surface area contributed by atoms with Crippen LogP contribution >= 0.6 is 0 Å². The van der Waals surface area contributed by atoms with Gasteiger partial charge in [0.05, 0.1) is 6.61 Å². The Balaban J connectivity index is 1.67. The molecule has 0 aliphatic carbocycles. The minimum absolute atomic E-state index is 0.631. The highest BCUT2D eigenvalue weighted by Gasteiger charge is 2.10. The topological polar surface area (TPSA) is 50.3 Å². The summed E-state index contributed by atoms with van der Waals surface area (Å²) in [6, 6.07) is 1.87. The van der Waals surface area contributed by atoms with Crippen molar-refractivity contribution in [2.24, 2.45) is 0 Å². The van der Waals surface area contributed by atoms with Gasteiger partial charge in [-0.1, -0.05) is 0 Å². The van der Waals surface area contributed by atoms with E-state index in [0.29, 0.717) is 12.5 Å². The number of nitrogens with zero attached hydrogens (tertiary/aromatic N) is 3. The summed E-state index contributed by atoms with van der Waals surface area (Å²) in [6.45, 7) is 9.24. The van der Waals surface area contributed by atoms with Crippen molar-refractivity contribution in [3.05, 3.63) is 11.9 Å². The Morgan fingerprint density at radius 1 is 1.25 bits per heavy atom. The van der Waals surface area contributed by atoms with Gasteiger partial charge in [-0.25, -0.2) is 4.98 Å². The third-order valence-corrected chi connectivity index (χ3v) is 3.51. The van der Waals surface area contributed by atoms with Crippen molar-refractivity contribution < 1.29 is 4.74 Å². The van der Waals surface area contributed by atoms with Crippen LogP contribution in [0.4, 0.5) is 5.82 Å². The Bertz CT molecular complexity index is 405. The summed E-state index contributed by atoms with van der Waals surface area (Å²) in [6.07, 6.45) is 5.16. The maximum absolute atomic E-state index is 5.42. The van der Waals surface area contributed by atoms with Crippen LogP contribution in [0.5, 0.6) is 5.88 Å². The van der Waals surface area contributed by atoms with E-state index in [1.54, 1.807) is 0 Å². The summed E-state index contributed by atoms with van der Waals surface area (Å²) in [5.41, 5.74) is 0. The van der Waals surface area contributed by atoms with Crippen LogP contribution < -0.4 is 10.1 Å². The predicted octanol–water partition coefficient (Wildman–Crippen LogP) is 2.47. The normalized spacial score (nSPS) is 15.5. The summed E-state index contributed by atoms with van der Waals surface area (Å²) in [4.78, 5) is 11.2. The molecule has 20 heavy (non-hydrogen) atoms. The second-order valence-corrected chi connectivity index (χ2v) is 5.25. The number of unbranched alkanes of at least 4 members (excludes halogenated alkanes) is 1. The molecule has 0 atom stereocenters. The highest BCUT2D eigenvalue weighted by molar-refractivity contribution is 5.38. The molecule has 0 radical (unpaired) electrons. The molecule has 1 aromatic heterocycles. The van der Waals surface area contributed by atoms with Crippen LogP contribution in [-0.4, -0.2) is 47.7 Å². The zero-order chi connectivity index (χ0) is 14.2. The molecule has 112 valence electrons. The molecule has 5 nitrogen and oxygen atoms in total. The number of hydrogen-bond donors (Lipinski definition) is 1. The zero-order valence-electron chi connectivity index (χ0n) is 12.7. The third-order valence-electron chi connectivity index (χ3n) is 3.51. The van der Waals surface area contributed by atoms with Gasteiger partial charge >= 0.3 is 0 Å². The van der Waals surface area contributed by atoms with Gasteiger partial charge in [0.25, 0.3) is 0 Å². The van der Waals surface area contributed by atoms with Gasteiger partial charge in [-0.15, -0.1) is 0 Å². The molecule has 2 heterocycles. The fraction of sp³-hybridized carbons (Fsp3) is 0.733. The summed E-state index contributed by atoms with van der Waals surface area (Å²) in [5.74, 6) is 2.26. The van der Waals surface area contributed by atoms with Crippen LogP contribution in [0.3, 0.4) is 0 Å². The number of nitrogens with one attached hydrogen (secondary N) is 1. The highest BCUT2D eigenvalue weighted by atomic mass is 16.5. The average molecular weight is 278 g/mol. The Hall–Kier alpha value is -1.36. The van der Waals surface area contributed by atoms with E-state index in [2.05, 4.69) is 20.2 Å². The number of ether oxygens (including phenoxy) is 1. The van der Waals surface area contributed by atoms with Crippen molar-refractivity contribution in [2.45, 2.75) is 39.5 Å². The first-order valence-corrected chi connectivity index (χ1v) is 7.72. The van der Waals surface area contributed by atoms with Crippen LogP contribution in [0.15, 0.2) is 6.07 Å². The number of hydrogen-bond acceptors (Lipinski definition) is 5. The molecule has 0 spiro atoms. The largest absolute Gasteiger partial charge is 0.478 e. The zero-order valence-corrected chi connectivity index (χ0v) is 12.7. The van der Waals surface area contributed by atoms with Crippen LogP contribution in [0.2, 0.25) is 0 Å². The van der Waals surface area contributed by atoms with Crippen molar-refractivity contribution in [2.75, 3.05) is 38.1 Å². The van der Waals surface area contributed by atoms with E-state index in [-0.39, 0.29) is 0 Å². The van der Waals surface area contributed by atoms with Crippen LogP contribution in [0, 0.1) is 6.92 Å². The first-order chi connectivity index (χ1) is 9.78. The Morgan fingerprint density at radius 3 is 2.80 bits per heavy atom. The first kappa shape index (κ1) is 15.0. The summed E-state index contributed by atoms with van der Waals surface area (Å²) < 4.78 is 5.42. The number of anilines is 1. The van der Waals surface area contributed by atoms with Gasteiger partial charge in [-0.3, -0.25) is 0 Å². The van der Waals surface area contributed by atoms with E-state index in [0.717, 1.165) is 18.2 Å². The Morgan fingerprint density at radius 2 is 2.05 bits per heavy atom. The van der Waals surface area contributed by atoms with Crippen molar-refractivity contribution >= 4 is 5.82 Å². The lowest BCUT2D eigenvalue weighted by atomic mass is 10.3. The van der Waals surface area contributed by atoms with E-state index in [1.807, 2.05) is 19.9 Å². The van der Waals surface area contributed by atoms with Gasteiger partial charge in [0.15, 0.2) is 0 Å². The molecule has 5 heteroatoms. The standard InChI is InChI=1S/C15H26N4O/c1-3-20-15-12-14(17-13(2)18-15)16-8-4-5-9-19-10-6-7-11-19/h12H,3-11H2,1-2H3,(H,16,17,18). The molecule has 1 aliphatic heterocycles. The van der Waals surface area contributed by atoms with Gasteiger partial charge in [0, 0.05) is 12.6 Å². The molecule has 2 rings (SSSR count). The monoisotopic (exact) mass is 278 g/mol. The van der Waals surface area contributed by atoms with E-state index < -0.39 is 0 Å². The maximum Gasteiger partial charge on any atom is 0.218 e. The van der Waals surface area contributed by atoms with Crippen LogP contribution in [0.25, 0.3) is 0 Å². The van der Waals surface area contributed by atoms with Crippen molar-refractivity contribution in [3.63, 3.8) is 0 Å². The van der Waals surface area contributed by atoms with Crippen molar-refractivity contribution in [3.8, 4) is 5.88 Å². The second kappa shape index (κ2) is 8.04. The lowest BCUT2D eigenvalue weighted by Crippen LogP contribution is -2.20. The number of likely N-dealkylation sites (tertiary alicyclic amines) is 1. The average Bonchev–Trinajstić information content (AvgIpc) is 2.91. The van der Waals surface area contributed by atoms with Gasteiger partial charge in [-0.05, 0) is 59.2 Å². The minimum Gasteiger partial charge on any atom is -0.478 e. The smallest absolute Gasteiger partial charge is 0.218 e. The fourth-order valence-electron chi connectivity index (χ4n) is 2.54. The van der Waals surface area contributed by atoms with Crippen LogP contribution in [-0.2, 0) is 0 Å². The van der Waals surface area contributed by atoms with E-state index in [1.165, 1.54) is 45.3 Å². The molecule has 0 bridgehead atoms. The molecule has 1 N–H and O–H groups in total. The fourth-order valence-corrected chi connectivity index (χ4v) is 2.54. The number of aryl methyl sites for hydroxylation is 1. The molecule has 1 aliphatic rings. The first-order valence-electron chi connectivity index (χ1n) is 7.72. The Kier molecular flexibility index (Phi) is 6.05. The molecule has 0 unspecified atom stereocenters. The summed E-state index contributed by atoms with van der Waals surface area (Å²) in [5, 5.41) is 3.36. The molecule has 0 saturated carbocycles. The van der Waals surface area contributed by atoms with E-state index in [9.17, 15) is 0 Å². The predicted molar refractivity (Wildman–Crippen MR) is 81.3 cm³/mol. The van der Waals surface area contributed by atoms with E-state index in [4.69, 9.17) is 4.74 Å². The maximum atomic E-state index is 5.42.